The van der Waals surface area contributed by atoms with Crippen LogP contribution in [0.2, 0.25) is 0 Å². The van der Waals surface area contributed by atoms with E-state index in [9.17, 15) is 4.79 Å². The van der Waals surface area contributed by atoms with Gasteiger partial charge in [0.2, 0.25) is 5.13 Å². The summed E-state index contributed by atoms with van der Waals surface area (Å²) in [5.74, 6) is 0. The van der Waals surface area contributed by atoms with Gasteiger partial charge in [0.15, 0.2) is 0 Å². The number of aromatic nitrogens is 2. The SMILES string of the molecule is C=CCN1C(=O)NCN1c1nncs1. The van der Waals surface area contributed by atoms with E-state index in [0.717, 1.165) is 0 Å². The standard InChI is InChI=1S/C7H9N5OS/c1-2-3-11-6(13)8-4-12(11)7-10-9-5-14-7/h2,5H,1,3-4H2,(H,8,13). The number of hydrogen-bond acceptors (Lipinski definition) is 5. The number of amides is 2. The highest BCUT2D eigenvalue weighted by Gasteiger charge is 2.29. The highest BCUT2D eigenvalue weighted by molar-refractivity contribution is 7.13. The van der Waals surface area contributed by atoms with Crippen LogP contribution in [0.4, 0.5) is 9.93 Å². The molecule has 0 unspecified atom stereocenters. The number of hydrazine groups is 1. The lowest BCUT2D eigenvalue weighted by Gasteiger charge is -2.23. The number of rotatable bonds is 3. The van der Waals surface area contributed by atoms with Crippen LogP contribution in [0.25, 0.3) is 0 Å². The van der Waals surface area contributed by atoms with E-state index in [1.807, 2.05) is 0 Å². The molecular formula is C7H9N5OS. The lowest BCUT2D eigenvalue weighted by Crippen LogP contribution is -2.38. The van der Waals surface area contributed by atoms with Gasteiger partial charge in [-0.1, -0.05) is 17.4 Å². The molecule has 2 rings (SSSR count). The molecule has 0 bridgehead atoms. The fourth-order valence-corrected chi connectivity index (χ4v) is 1.75. The van der Waals surface area contributed by atoms with Crippen LogP contribution in [-0.4, -0.2) is 34.5 Å². The summed E-state index contributed by atoms with van der Waals surface area (Å²) in [6, 6.07) is -0.139. The molecular weight excluding hydrogens is 202 g/mol. The van der Waals surface area contributed by atoms with Gasteiger partial charge in [0, 0.05) is 0 Å². The summed E-state index contributed by atoms with van der Waals surface area (Å²) in [7, 11) is 0. The normalized spacial score (nSPS) is 15.9. The molecule has 1 aromatic heterocycles. The minimum absolute atomic E-state index is 0.139. The molecule has 0 saturated carbocycles. The lowest BCUT2D eigenvalue weighted by atomic mass is 10.6. The van der Waals surface area contributed by atoms with Gasteiger partial charge in [0.25, 0.3) is 0 Å². The molecule has 6 nitrogen and oxygen atoms in total. The molecule has 0 atom stereocenters. The molecule has 1 aromatic rings. The Kier molecular flexibility index (Phi) is 2.32. The van der Waals surface area contributed by atoms with Gasteiger partial charge in [-0.15, -0.1) is 16.8 Å². The summed E-state index contributed by atoms with van der Waals surface area (Å²) >= 11 is 1.39. The Morgan fingerprint density at radius 1 is 1.79 bits per heavy atom. The van der Waals surface area contributed by atoms with Crippen LogP contribution in [0.1, 0.15) is 0 Å². The first-order valence-corrected chi connectivity index (χ1v) is 4.91. The lowest BCUT2D eigenvalue weighted by molar-refractivity contribution is 0.218. The van der Waals surface area contributed by atoms with Gasteiger partial charge in [0.05, 0.1) is 6.54 Å². The second kappa shape index (κ2) is 3.62. The van der Waals surface area contributed by atoms with Crippen LogP contribution in [0.15, 0.2) is 18.2 Å². The zero-order chi connectivity index (χ0) is 9.97. The van der Waals surface area contributed by atoms with E-state index in [2.05, 4.69) is 22.1 Å². The first-order chi connectivity index (χ1) is 6.83. The molecule has 1 saturated heterocycles. The van der Waals surface area contributed by atoms with Crippen molar-refractivity contribution in [1.29, 1.82) is 0 Å². The molecule has 0 spiro atoms. The molecule has 0 aromatic carbocycles. The summed E-state index contributed by atoms with van der Waals surface area (Å²) in [6.07, 6.45) is 1.67. The van der Waals surface area contributed by atoms with Crippen LogP contribution < -0.4 is 10.3 Å². The second-order valence-electron chi connectivity index (χ2n) is 2.63. The van der Waals surface area contributed by atoms with Gasteiger partial charge in [-0.05, 0) is 0 Å². The van der Waals surface area contributed by atoms with Crippen LogP contribution in [-0.2, 0) is 0 Å². The highest BCUT2D eigenvalue weighted by atomic mass is 32.1. The third kappa shape index (κ3) is 1.41. The maximum absolute atomic E-state index is 11.4. The Morgan fingerprint density at radius 3 is 3.29 bits per heavy atom. The average molecular weight is 211 g/mol. The van der Waals surface area contributed by atoms with Gasteiger partial charge in [-0.3, -0.25) is 0 Å². The van der Waals surface area contributed by atoms with E-state index < -0.39 is 0 Å². The van der Waals surface area contributed by atoms with Crippen molar-refractivity contribution in [3.05, 3.63) is 18.2 Å². The number of nitrogens with zero attached hydrogens (tertiary/aromatic N) is 4. The molecule has 1 aliphatic rings. The third-order valence-corrected chi connectivity index (χ3v) is 2.48. The molecule has 0 radical (unpaired) electrons. The quantitative estimate of drug-likeness (QED) is 0.736. The predicted octanol–water partition coefficient (Wildman–Crippen LogP) is 0.428. The first-order valence-electron chi connectivity index (χ1n) is 4.03. The van der Waals surface area contributed by atoms with Crippen molar-refractivity contribution >= 4 is 22.5 Å². The Balaban J connectivity index is 2.19. The summed E-state index contributed by atoms with van der Waals surface area (Å²) < 4.78 is 0. The molecule has 2 amide bonds. The summed E-state index contributed by atoms with van der Waals surface area (Å²) in [4.78, 5) is 11.4. The number of carbonyl (C=O) groups excluding carboxylic acids is 1. The predicted molar refractivity (Wildman–Crippen MR) is 52.7 cm³/mol. The number of hydrogen-bond donors (Lipinski definition) is 1. The Labute approximate surface area is 84.8 Å². The monoisotopic (exact) mass is 211 g/mol. The van der Waals surface area contributed by atoms with Gasteiger partial charge in [-0.2, -0.15) is 0 Å². The van der Waals surface area contributed by atoms with E-state index in [0.29, 0.717) is 18.3 Å². The molecule has 2 heterocycles. The number of urea groups is 1. The van der Waals surface area contributed by atoms with Crippen LogP contribution in [0, 0.1) is 0 Å². The minimum Gasteiger partial charge on any atom is -0.317 e. The molecule has 1 fully saturated rings. The Bertz CT molecular complexity index is 338. The molecule has 7 heteroatoms. The average Bonchev–Trinajstić information content (AvgIpc) is 2.77. The summed E-state index contributed by atoms with van der Waals surface area (Å²) in [6.45, 7) is 4.49. The van der Waals surface area contributed by atoms with Crippen molar-refractivity contribution in [3.63, 3.8) is 0 Å². The van der Waals surface area contributed by atoms with E-state index in [1.54, 1.807) is 16.6 Å². The Morgan fingerprint density at radius 2 is 2.64 bits per heavy atom. The Hall–Kier alpha value is -1.63. The van der Waals surface area contributed by atoms with Gasteiger partial charge < -0.3 is 5.32 Å². The molecule has 74 valence electrons. The largest absolute Gasteiger partial charge is 0.338 e. The van der Waals surface area contributed by atoms with Gasteiger partial charge in [0.1, 0.15) is 12.2 Å². The fraction of sp³-hybridized carbons (Fsp3) is 0.286. The van der Waals surface area contributed by atoms with Crippen molar-refractivity contribution in [2.45, 2.75) is 0 Å². The van der Waals surface area contributed by atoms with Gasteiger partial charge in [-0.25, -0.2) is 14.8 Å². The minimum atomic E-state index is -0.139. The molecule has 0 aliphatic carbocycles. The molecule has 1 aliphatic heterocycles. The van der Waals surface area contributed by atoms with Crippen molar-refractivity contribution in [2.75, 3.05) is 18.2 Å². The zero-order valence-corrected chi connectivity index (χ0v) is 8.20. The number of carbonyl (C=O) groups is 1. The van der Waals surface area contributed by atoms with Crippen LogP contribution in [0.5, 0.6) is 0 Å². The second-order valence-corrected chi connectivity index (χ2v) is 3.44. The topological polar surface area (TPSA) is 61.4 Å². The zero-order valence-electron chi connectivity index (χ0n) is 7.38. The van der Waals surface area contributed by atoms with E-state index in [-0.39, 0.29) is 6.03 Å². The summed E-state index contributed by atoms with van der Waals surface area (Å²) in [5, 5.41) is 14.3. The van der Waals surface area contributed by atoms with Crippen molar-refractivity contribution < 1.29 is 4.79 Å². The maximum Gasteiger partial charge on any atom is 0.338 e. The number of nitrogens with one attached hydrogen (secondary N) is 1. The van der Waals surface area contributed by atoms with Crippen LogP contribution in [0.3, 0.4) is 0 Å². The summed E-state index contributed by atoms with van der Waals surface area (Å²) in [5.41, 5.74) is 1.63. The number of anilines is 1. The van der Waals surface area contributed by atoms with Crippen molar-refractivity contribution in [1.82, 2.24) is 20.5 Å². The van der Waals surface area contributed by atoms with Crippen molar-refractivity contribution in [2.24, 2.45) is 0 Å². The van der Waals surface area contributed by atoms with E-state index >= 15 is 0 Å². The maximum atomic E-state index is 11.4. The van der Waals surface area contributed by atoms with E-state index in [4.69, 9.17) is 0 Å². The highest BCUT2D eigenvalue weighted by Crippen LogP contribution is 2.19. The van der Waals surface area contributed by atoms with Crippen LogP contribution >= 0.6 is 11.3 Å². The van der Waals surface area contributed by atoms with E-state index in [1.165, 1.54) is 16.3 Å². The van der Waals surface area contributed by atoms with Gasteiger partial charge >= 0.3 is 6.03 Å². The van der Waals surface area contributed by atoms with Crippen molar-refractivity contribution in [3.8, 4) is 0 Å². The fourth-order valence-electron chi connectivity index (χ4n) is 1.18. The molecule has 14 heavy (non-hydrogen) atoms. The molecule has 1 N–H and O–H groups in total. The first kappa shape index (κ1) is 8.95. The third-order valence-electron chi connectivity index (χ3n) is 1.78. The smallest absolute Gasteiger partial charge is 0.317 e.